The lowest BCUT2D eigenvalue weighted by molar-refractivity contribution is -0.147. The highest BCUT2D eigenvalue weighted by atomic mass is 16.7. The van der Waals surface area contributed by atoms with Crippen LogP contribution in [0.4, 0.5) is 0 Å². The van der Waals surface area contributed by atoms with Crippen LogP contribution in [0.2, 0.25) is 0 Å². The molecule has 0 amide bonds. The highest BCUT2D eigenvalue weighted by Gasteiger charge is 2.44. The van der Waals surface area contributed by atoms with Crippen LogP contribution in [0.25, 0.3) is 11.0 Å². The van der Waals surface area contributed by atoms with Crippen LogP contribution < -0.4 is 9.47 Å². The Bertz CT molecular complexity index is 1020. The Balaban J connectivity index is 1.60. The van der Waals surface area contributed by atoms with Crippen molar-refractivity contribution in [1.29, 1.82) is 0 Å². The number of ether oxygens (including phenoxy) is 6. The molecule has 0 N–H and O–H groups in total. The predicted molar refractivity (Wildman–Crippen MR) is 121 cm³/mol. The van der Waals surface area contributed by atoms with Crippen LogP contribution in [-0.2, 0) is 30.3 Å². The third kappa shape index (κ3) is 4.66. The van der Waals surface area contributed by atoms with Gasteiger partial charge in [-0.25, -0.2) is 0 Å². The third-order valence-corrected chi connectivity index (χ3v) is 6.21. The fourth-order valence-corrected chi connectivity index (χ4v) is 4.64. The van der Waals surface area contributed by atoms with Crippen molar-refractivity contribution < 1.29 is 37.6 Å². The van der Waals surface area contributed by atoms with E-state index < -0.39 is 5.79 Å². The second kappa shape index (κ2) is 10.3. The molecule has 2 heterocycles. The zero-order chi connectivity index (χ0) is 23.4. The van der Waals surface area contributed by atoms with Gasteiger partial charge in [-0.05, 0) is 25.0 Å². The summed E-state index contributed by atoms with van der Waals surface area (Å²) in [7, 11) is 4.73. The van der Waals surface area contributed by atoms with Crippen LogP contribution in [0, 0.1) is 0 Å². The topological polar surface area (TPSA) is 85.6 Å². The van der Waals surface area contributed by atoms with Crippen molar-refractivity contribution in [1.82, 2.24) is 0 Å². The van der Waals surface area contributed by atoms with Gasteiger partial charge < -0.3 is 32.8 Å². The number of fused-ring (bicyclic) bond motifs is 1. The first-order valence-corrected chi connectivity index (χ1v) is 11.3. The molecular formula is C25H32O8. The molecule has 2 aliphatic rings. The number of carbonyl (C=O) groups excluding carboxylic acids is 1. The Morgan fingerprint density at radius 2 is 1.94 bits per heavy atom. The van der Waals surface area contributed by atoms with E-state index in [2.05, 4.69) is 0 Å². The number of benzene rings is 1. The number of methoxy groups -OCH3 is 3. The van der Waals surface area contributed by atoms with Gasteiger partial charge in [-0.1, -0.05) is 13.0 Å². The van der Waals surface area contributed by atoms with Crippen molar-refractivity contribution in [3.63, 3.8) is 0 Å². The van der Waals surface area contributed by atoms with Crippen LogP contribution in [0.5, 0.6) is 11.5 Å². The molecule has 1 aliphatic carbocycles. The second-order valence-electron chi connectivity index (χ2n) is 8.40. The molecule has 1 fully saturated rings. The molecule has 1 aliphatic heterocycles. The molecule has 0 unspecified atom stereocenters. The minimum Gasteiger partial charge on any atom is -0.493 e. The average Bonchev–Trinajstić information content (AvgIpc) is 3.46. The van der Waals surface area contributed by atoms with E-state index in [-0.39, 0.29) is 25.1 Å². The summed E-state index contributed by atoms with van der Waals surface area (Å²) in [5, 5.41) is 0.855. The Hall–Kier alpha value is -2.39. The fourth-order valence-electron chi connectivity index (χ4n) is 4.64. The zero-order valence-electron chi connectivity index (χ0n) is 19.7. The summed E-state index contributed by atoms with van der Waals surface area (Å²) in [6.07, 6.45) is 4.80. The van der Waals surface area contributed by atoms with E-state index in [1.54, 1.807) is 21.3 Å². The van der Waals surface area contributed by atoms with E-state index in [1.807, 2.05) is 25.1 Å². The van der Waals surface area contributed by atoms with Crippen molar-refractivity contribution in [2.45, 2.75) is 50.9 Å². The van der Waals surface area contributed by atoms with Crippen LogP contribution in [0.1, 0.15) is 49.8 Å². The lowest BCUT2D eigenvalue weighted by Gasteiger charge is -2.32. The maximum atomic E-state index is 13.3. The summed E-state index contributed by atoms with van der Waals surface area (Å²) in [5.74, 6) is 0.868. The number of rotatable bonds is 10. The van der Waals surface area contributed by atoms with E-state index in [0.29, 0.717) is 54.5 Å². The summed E-state index contributed by atoms with van der Waals surface area (Å²) >= 11 is 0. The number of furan rings is 1. The summed E-state index contributed by atoms with van der Waals surface area (Å²) in [6, 6.07) is 3.82. The SMILES string of the molecule is COCOCc1c(OC)c(OC)cc2cc([C@H](C)CC(=O)C3=CCCCC34OCCO4)oc12. The summed E-state index contributed by atoms with van der Waals surface area (Å²) < 4.78 is 39.7. The molecule has 1 aromatic heterocycles. The molecule has 0 radical (unpaired) electrons. The summed E-state index contributed by atoms with van der Waals surface area (Å²) in [4.78, 5) is 13.3. The highest BCUT2D eigenvalue weighted by molar-refractivity contribution is 5.97. The fraction of sp³-hybridized carbons (Fsp3) is 0.560. The van der Waals surface area contributed by atoms with Crippen molar-refractivity contribution >= 4 is 16.8 Å². The molecule has 8 heteroatoms. The molecule has 180 valence electrons. The quantitative estimate of drug-likeness (QED) is 0.379. The standard InChI is InChI=1S/C25H32O8/c1-16(11-20(26)19-7-5-6-8-25(19)31-9-10-32-25)21-12-17-13-22(28-3)24(29-4)18(23(17)33-21)14-30-15-27-2/h7,12-13,16H,5-6,8-11,14-15H2,1-4H3/t16-/m1/s1. The molecule has 0 saturated carbocycles. The number of ketones is 1. The van der Waals surface area contributed by atoms with Crippen molar-refractivity contribution in [2.75, 3.05) is 41.3 Å². The molecule has 1 aromatic carbocycles. The molecule has 33 heavy (non-hydrogen) atoms. The predicted octanol–water partition coefficient (Wildman–Crippen LogP) is 4.49. The van der Waals surface area contributed by atoms with E-state index >= 15 is 0 Å². The molecule has 2 aromatic rings. The smallest absolute Gasteiger partial charge is 0.198 e. The largest absolute Gasteiger partial charge is 0.493 e. The lowest BCUT2D eigenvalue weighted by Crippen LogP contribution is -2.38. The van der Waals surface area contributed by atoms with Crippen molar-refractivity contribution in [2.24, 2.45) is 0 Å². The first-order chi connectivity index (χ1) is 16.0. The van der Waals surface area contributed by atoms with Gasteiger partial charge in [0.15, 0.2) is 23.1 Å². The number of hydrogen-bond donors (Lipinski definition) is 0. The minimum atomic E-state index is -0.866. The number of Topliss-reactive ketones (excluding diaryl/α,β-unsaturated/α-hetero) is 1. The monoisotopic (exact) mass is 460 g/mol. The van der Waals surface area contributed by atoms with Gasteiger partial charge in [-0.3, -0.25) is 4.79 Å². The molecule has 1 atom stereocenters. The molecule has 0 bridgehead atoms. The highest BCUT2D eigenvalue weighted by Crippen LogP contribution is 2.42. The van der Waals surface area contributed by atoms with E-state index in [1.165, 1.54) is 0 Å². The van der Waals surface area contributed by atoms with Gasteiger partial charge >= 0.3 is 0 Å². The van der Waals surface area contributed by atoms with Crippen LogP contribution in [-0.4, -0.2) is 52.9 Å². The number of hydrogen-bond acceptors (Lipinski definition) is 8. The maximum Gasteiger partial charge on any atom is 0.198 e. The third-order valence-electron chi connectivity index (χ3n) is 6.21. The van der Waals surface area contributed by atoms with Crippen LogP contribution in [0.15, 0.2) is 28.2 Å². The van der Waals surface area contributed by atoms with E-state index in [4.69, 9.17) is 32.8 Å². The Kier molecular flexibility index (Phi) is 7.38. The molecule has 1 saturated heterocycles. The van der Waals surface area contributed by atoms with Gasteiger partial charge in [-0.2, -0.15) is 0 Å². The van der Waals surface area contributed by atoms with Gasteiger partial charge in [0.25, 0.3) is 0 Å². The van der Waals surface area contributed by atoms with Gasteiger partial charge in [0.1, 0.15) is 18.1 Å². The van der Waals surface area contributed by atoms with Gasteiger partial charge in [0, 0.05) is 36.8 Å². The molecule has 8 nitrogen and oxygen atoms in total. The molecular weight excluding hydrogens is 428 g/mol. The Labute approximate surface area is 193 Å². The van der Waals surface area contributed by atoms with Crippen molar-refractivity contribution in [3.05, 3.63) is 35.1 Å². The number of carbonyl (C=O) groups is 1. The maximum absolute atomic E-state index is 13.3. The summed E-state index contributed by atoms with van der Waals surface area (Å²) in [5.41, 5.74) is 2.02. The molecule has 4 rings (SSSR count). The van der Waals surface area contributed by atoms with Gasteiger partial charge in [0.2, 0.25) is 0 Å². The zero-order valence-corrected chi connectivity index (χ0v) is 19.7. The first kappa shape index (κ1) is 23.8. The summed E-state index contributed by atoms with van der Waals surface area (Å²) in [6.45, 7) is 3.39. The van der Waals surface area contributed by atoms with E-state index in [0.717, 1.165) is 23.8 Å². The number of allylic oxidation sites excluding steroid dienone is 1. The normalized spacial score (nSPS) is 18.5. The Morgan fingerprint density at radius 1 is 1.15 bits per heavy atom. The average molecular weight is 461 g/mol. The van der Waals surface area contributed by atoms with Crippen LogP contribution >= 0.6 is 0 Å². The molecule has 1 spiro atoms. The minimum absolute atomic E-state index is 0.0309. The Morgan fingerprint density at radius 3 is 2.64 bits per heavy atom. The van der Waals surface area contributed by atoms with Crippen molar-refractivity contribution in [3.8, 4) is 11.5 Å². The van der Waals surface area contributed by atoms with Crippen LogP contribution in [0.3, 0.4) is 0 Å². The first-order valence-electron chi connectivity index (χ1n) is 11.3. The van der Waals surface area contributed by atoms with E-state index in [9.17, 15) is 4.79 Å². The van der Waals surface area contributed by atoms with Gasteiger partial charge in [-0.15, -0.1) is 0 Å². The second-order valence-corrected chi connectivity index (χ2v) is 8.40. The van der Waals surface area contributed by atoms with Gasteiger partial charge in [0.05, 0.1) is 39.6 Å². The lowest BCUT2D eigenvalue weighted by atomic mass is 9.86.